The molecule has 0 bridgehead atoms. The summed E-state index contributed by atoms with van der Waals surface area (Å²) in [7, 11) is 0. The number of para-hydroxylation sites is 3. The fraction of sp³-hybridized carbons (Fsp3) is 0.0517. The number of aromatic nitrogens is 5. The lowest BCUT2D eigenvalue weighted by Gasteiger charge is -2.22. The van der Waals surface area contributed by atoms with E-state index in [1.54, 1.807) is 0 Å². The fourth-order valence-corrected chi connectivity index (χ4v) is 10.4. The van der Waals surface area contributed by atoms with Gasteiger partial charge in [0.15, 0.2) is 17.5 Å². The van der Waals surface area contributed by atoms with Gasteiger partial charge in [-0.1, -0.05) is 166 Å². The zero-order chi connectivity index (χ0) is 41.8. The number of hydrogen-bond acceptors (Lipinski definition) is 3. The maximum Gasteiger partial charge on any atom is 0.164 e. The maximum atomic E-state index is 5.27. The summed E-state index contributed by atoms with van der Waals surface area (Å²) in [5, 5.41) is 7.42. The second-order valence-electron chi connectivity index (χ2n) is 17.2. The number of fused-ring (bicyclic) bond motifs is 11. The Bertz CT molecular complexity index is 3710. The number of rotatable bonds is 5. The zero-order valence-corrected chi connectivity index (χ0v) is 34.8. The average Bonchev–Trinajstić information content (AvgIpc) is 3.94. The maximum absolute atomic E-state index is 5.27. The van der Waals surface area contributed by atoms with Crippen molar-refractivity contribution in [1.29, 1.82) is 0 Å². The molecule has 5 heteroatoms. The molecule has 1 aliphatic carbocycles. The Labute approximate surface area is 364 Å². The summed E-state index contributed by atoms with van der Waals surface area (Å²) in [6.45, 7) is 4.75. The van der Waals surface area contributed by atoms with E-state index in [1.165, 1.54) is 54.6 Å². The van der Waals surface area contributed by atoms with Crippen molar-refractivity contribution in [1.82, 2.24) is 24.1 Å². The third kappa shape index (κ3) is 5.33. The Morgan fingerprint density at radius 1 is 0.349 bits per heavy atom. The minimum Gasteiger partial charge on any atom is -0.309 e. The monoisotopic (exact) mass is 805 g/mol. The minimum atomic E-state index is -0.202. The molecule has 0 aliphatic heterocycles. The summed E-state index contributed by atoms with van der Waals surface area (Å²) < 4.78 is 4.85. The average molecular weight is 806 g/mol. The van der Waals surface area contributed by atoms with Crippen LogP contribution in [0.25, 0.3) is 111 Å². The SMILES string of the molecule is CC1(C)c2cc3c(cc2-c2c1ccc1ccccc21)c1ccccc1n3-c1cc(-c2nc(-c3ccccc3)nc(-c3ccccc3)n2)cc(-n2c3ccccc3c3ccccc32)c1. The van der Waals surface area contributed by atoms with Gasteiger partial charge in [-0.2, -0.15) is 0 Å². The molecule has 9 aromatic carbocycles. The van der Waals surface area contributed by atoms with Gasteiger partial charge in [-0.15, -0.1) is 0 Å². The molecule has 12 aromatic rings. The van der Waals surface area contributed by atoms with E-state index in [9.17, 15) is 0 Å². The molecule has 5 nitrogen and oxygen atoms in total. The molecule has 0 N–H and O–H groups in total. The molecule has 3 heterocycles. The van der Waals surface area contributed by atoms with Gasteiger partial charge in [0.1, 0.15) is 0 Å². The number of hydrogen-bond donors (Lipinski definition) is 0. The number of benzene rings is 9. The van der Waals surface area contributed by atoms with Crippen LogP contribution >= 0.6 is 0 Å². The third-order valence-corrected chi connectivity index (χ3v) is 13.3. The van der Waals surface area contributed by atoms with Gasteiger partial charge < -0.3 is 9.13 Å². The molecule has 3 aromatic heterocycles. The molecule has 0 saturated carbocycles. The molecule has 296 valence electrons. The first-order valence-corrected chi connectivity index (χ1v) is 21.6. The highest BCUT2D eigenvalue weighted by Gasteiger charge is 2.37. The van der Waals surface area contributed by atoms with Crippen LogP contribution in [0.5, 0.6) is 0 Å². The van der Waals surface area contributed by atoms with Crippen LogP contribution in [0.15, 0.2) is 200 Å². The molecular weight excluding hydrogens is 767 g/mol. The quantitative estimate of drug-likeness (QED) is 0.174. The molecule has 63 heavy (non-hydrogen) atoms. The van der Waals surface area contributed by atoms with E-state index in [0.717, 1.165) is 50.1 Å². The van der Waals surface area contributed by atoms with Crippen LogP contribution in [0, 0.1) is 0 Å². The van der Waals surface area contributed by atoms with Crippen LogP contribution in [0.4, 0.5) is 0 Å². The first-order valence-electron chi connectivity index (χ1n) is 21.6. The highest BCUT2D eigenvalue weighted by atomic mass is 15.0. The smallest absolute Gasteiger partial charge is 0.164 e. The fourth-order valence-electron chi connectivity index (χ4n) is 10.4. The van der Waals surface area contributed by atoms with Crippen molar-refractivity contribution in [3.8, 4) is 56.7 Å². The zero-order valence-electron chi connectivity index (χ0n) is 34.8. The van der Waals surface area contributed by atoms with E-state index in [-0.39, 0.29) is 5.41 Å². The minimum absolute atomic E-state index is 0.202. The number of nitrogens with zero attached hydrogens (tertiary/aromatic N) is 5. The lowest BCUT2D eigenvalue weighted by Crippen LogP contribution is -2.15. The van der Waals surface area contributed by atoms with Crippen molar-refractivity contribution in [3.63, 3.8) is 0 Å². The van der Waals surface area contributed by atoms with Crippen molar-refractivity contribution in [2.24, 2.45) is 0 Å². The largest absolute Gasteiger partial charge is 0.309 e. The predicted molar refractivity (Wildman–Crippen MR) is 260 cm³/mol. The first kappa shape index (κ1) is 35.6. The Morgan fingerprint density at radius 3 is 1.38 bits per heavy atom. The lowest BCUT2D eigenvalue weighted by molar-refractivity contribution is 0.661. The highest BCUT2D eigenvalue weighted by molar-refractivity contribution is 6.14. The molecule has 0 amide bonds. The topological polar surface area (TPSA) is 48.5 Å². The Kier molecular flexibility index (Phi) is 7.58. The van der Waals surface area contributed by atoms with E-state index >= 15 is 0 Å². The van der Waals surface area contributed by atoms with E-state index in [1.807, 2.05) is 36.4 Å². The van der Waals surface area contributed by atoms with Gasteiger partial charge in [0.05, 0.1) is 22.1 Å². The Morgan fingerprint density at radius 2 is 0.810 bits per heavy atom. The summed E-state index contributed by atoms with van der Waals surface area (Å²) in [6.07, 6.45) is 0. The predicted octanol–water partition coefficient (Wildman–Crippen LogP) is 14.5. The van der Waals surface area contributed by atoms with Crippen LogP contribution in [-0.2, 0) is 5.41 Å². The Balaban J connectivity index is 1.13. The lowest BCUT2D eigenvalue weighted by atomic mass is 9.82. The van der Waals surface area contributed by atoms with E-state index in [2.05, 4.69) is 187 Å². The van der Waals surface area contributed by atoms with Gasteiger partial charge in [0.25, 0.3) is 0 Å². The molecule has 1 aliphatic rings. The third-order valence-electron chi connectivity index (χ3n) is 13.3. The summed E-state index contributed by atoms with van der Waals surface area (Å²) in [6, 6.07) is 71.9. The van der Waals surface area contributed by atoms with Crippen LogP contribution in [0.3, 0.4) is 0 Å². The van der Waals surface area contributed by atoms with Crippen molar-refractivity contribution in [2.75, 3.05) is 0 Å². The van der Waals surface area contributed by atoms with Crippen molar-refractivity contribution in [2.45, 2.75) is 19.3 Å². The molecule has 0 atom stereocenters. The van der Waals surface area contributed by atoms with Crippen LogP contribution in [0.1, 0.15) is 25.0 Å². The summed E-state index contributed by atoms with van der Waals surface area (Å²) >= 11 is 0. The molecule has 13 rings (SSSR count). The Hall–Kier alpha value is -8.15. The standard InChI is InChI=1S/C58H39N5/c1-58(2)48-30-29-36-17-9-10-22-42(36)54(48)47-34-46-45-25-13-16-28-52(45)63(53(46)35-49(47)58)41-32-39(31-40(33-41)62-50-26-14-11-23-43(50)44-24-12-15-27-51(44)62)57-60-55(37-18-5-3-6-19-37)59-56(61-57)38-20-7-4-8-21-38/h3-35H,1-2H3. The summed E-state index contributed by atoms with van der Waals surface area (Å²) in [4.78, 5) is 15.6. The van der Waals surface area contributed by atoms with Crippen molar-refractivity contribution in [3.05, 3.63) is 211 Å². The van der Waals surface area contributed by atoms with Gasteiger partial charge in [-0.05, 0) is 81.6 Å². The normalized spacial score (nSPS) is 13.0. The summed E-state index contributed by atoms with van der Waals surface area (Å²) in [5.74, 6) is 1.87. The molecule has 0 spiro atoms. The molecular formula is C58H39N5. The van der Waals surface area contributed by atoms with E-state index in [4.69, 9.17) is 15.0 Å². The van der Waals surface area contributed by atoms with Crippen molar-refractivity contribution < 1.29 is 0 Å². The molecule has 0 saturated heterocycles. The summed E-state index contributed by atoms with van der Waals surface area (Å²) in [5.41, 5.74) is 14.6. The van der Waals surface area contributed by atoms with Crippen molar-refractivity contribution >= 4 is 54.4 Å². The van der Waals surface area contributed by atoms with Gasteiger partial charge in [0.2, 0.25) is 0 Å². The van der Waals surface area contributed by atoms with E-state index < -0.39 is 0 Å². The second-order valence-corrected chi connectivity index (χ2v) is 17.2. The van der Waals surface area contributed by atoms with Crippen LogP contribution in [0.2, 0.25) is 0 Å². The van der Waals surface area contributed by atoms with Crippen LogP contribution in [-0.4, -0.2) is 24.1 Å². The highest BCUT2D eigenvalue weighted by Crippen LogP contribution is 2.53. The van der Waals surface area contributed by atoms with Gasteiger partial charge in [-0.3, -0.25) is 0 Å². The molecule has 0 unspecified atom stereocenters. The van der Waals surface area contributed by atoms with Gasteiger partial charge in [0, 0.05) is 55.0 Å². The second kappa shape index (κ2) is 13.4. The van der Waals surface area contributed by atoms with Gasteiger partial charge >= 0.3 is 0 Å². The first-order chi connectivity index (χ1) is 31.0. The molecule has 0 radical (unpaired) electrons. The molecule has 0 fully saturated rings. The van der Waals surface area contributed by atoms with Gasteiger partial charge in [-0.25, -0.2) is 15.0 Å². The van der Waals surface area contributed by atoms with Crippen LogP contribution < -0.4 is 0 Å². The van der Waals surface area contributed by atoms with E-state index in [0.29, 0.717) is 17.5 Å².